The van der Waals surface area contributed by atoms with Gasteiger partial charge in [-0.15, -0.1) is 12.4 Å². The Bertz CT molecular complexity index is 1220. The second kappa shape index (κ2) is 13.8. The van der Waals surface area contributed by atoms with Crippen molar-refractivity contribution in [3.05, 3.63) is 88.9 Å². The van der Waals surface area contributed by atoms with Crippen molar-refractivity contribution in [1.82, 2.24) is 5.32 Å². The lowest BCUT2D eigenvalue weighted by Crippen LogP contribution is -2.36. The molecule has 200 valence electrons. The summed E-state index contributed by atoms with van der Waals surface area (Å²) in [5.74, 6) is 0.203. The van der Waals surface area contributed by atoms with Crippen molar-refractivity contribution < 1.29 is 19.1 Å². The van der Waals surface area contributed by atoms with E-state index in [4.69, 9.17) is 32.2 Å². The lowest BCUT2D eigenvalue weighted by molar-refractivity contribution is -0.140. The first kappa shape index (κ1) is 29.0. The maximum atomic E-state index is 12.6. The number of ether oxygens (including phenoxy) is 2. The van der Waals surface area contributed by atoms with Crippen LogP contribution < -0.4 is 15.8 Å². The van der Waals surface area contributed by atoms with Gasteiger partial charge in [-0.2, -0.15) is 0 Å². The van der Waals surface area contributed by atoms with E-state index in [0.717, 1.165) is 42.4 Å². The minimum absolute atomic E-state index is 0. The second-order valence-corrected chi connectivity index (χ2v) is 9.67. The maximum absolute atomic E-state index is 12.6. The van der Waals surface area contributed by atoms with Crippen molar-refractivity contribution in [2.75, 3.05) is 6.54 Å². The topological polar surface area (TPSA) is 115 Å². The molecule has 0 radical (unpaired) electrons. The van der Waals surface area contributed by atoms with Gasteiger partial charge in [0, 0.05) is 11.6 Å². The summed E-state index contributed by atoms with van der Waals surface area (Å²) in [5.41, 5.74) is 8.56. The standard InChI is InChI=1S/C29H30ClN3O4.ClH/c30-25-13-3-20(4-14-25)18-36-27(34)23-9-7-21(8-10-23)22-11-15-26(16-12-22)37-28(35)24-5-1-19(2-6-24)17-33-29(31)32;/h3-4,7-16,19,24H,1-2,5-6,17-18H2,(H4,31,32,33);1H/t19-,24-;. The molecule has 4 rings (SSSR count). The minimum Gasteiger partial charge on any atom is -0.457 e. The number of esters is 2. The van der Waals surface area contributed by atoms with Crippen LogP contribution in [0, 0.1) is 17.2 Å². The molecule has 9 heteroatoms. The Hall–Kier alpha value is -3.55. The average Bonchev–Trinajstić information content (AvgIpc) is 2.92. The number of halogens is 2. The molecule has 0 spiro atoms. The van der Waals surface area contributed by atoms with Gasteiger partial charge in [0.05, 0.1) is 11.5 Å². The maximum Gasteiger partial charge on any atom is 0.338 e. The Morgan fingerprint density at radius 3 is 2.05 bits per heavy atom. The van der Waals surface area contributed by atoms with E-state index in [0.29, 0.717) is 28.8 Å². The van der Waals surface area contributed by atoms with Crippen LogP contribution in [0.15, 0.2) is 72.8 Å². The zero-order valence-electron chi connectivity index (χ0n) is 20.8. The van der Waals surface area contributed by atoms with Crippen LogP contribution >= 0.6 is 24.0 Å². The highest BCUT2D eigenvalue weighted by Gasteiger charge is 2.27. The molecule has 0 saturated heterocycles. The number of carbonyl (C=O) groups is 2. The van der Waals surface area contributed by atoms with Crippen LogP contribution in [0.5, 0.6) is 5.75 Å². The molecule has 0 heterocycles. The van der Waals surface area contributed by atoms with E-state index >= 15 is 0 Å². The molecule has 0 unspecified atom stereocenters. The molecule has 1 fully saturated rings. The molecule has 0 bridgehead atoms. The normalized spacial score (nSPS) is 16.6. The van der Waals surface area contributed by atoms with Gasteiger partial charge in [-0.1, -0.05) is 48.0 Å². The molecule has 0 amide bonds. The van der Waals surface area contributed by atoms with Crippen LogP contribution in [-0.4, -0.2) is 24.4 Å². The first-order valence-electron chi connectivity index (χ1n) is 12.3. The SMILES string of the molecule is Cl.N=C(N)NC[C@H]1CC[C@H](C(=O)Oc2ccc(-c3ccc(C(=O)OCc4ccc(Cl)cc4)cc3)cc2)CC1. The predicted molar refractivity (Wildman–Crippen MR) is 151 cm³/mol. The summed E-state index contributed by atoms with van der Waals surface area (Å²) in [6.07, 6.45) is 3.36. The van der Waals surface area contributed by atoms with Gasteiger partial charge < -0.3 is 20.5 Å². The first-order valence-corrected chi connectivity index (χ1v) is 12.7. The molecule has 0 aliphatic heterocycles. The van der Waals surface area contributed by atoms with Crippen molar-refractivity contribution in [1.29, 1.82) is 5.41 Å². The molecular formula is C29H31Cl2N3O4. The van der Waals surface area contributed by atoms with Crippen LogP contribution in [0.4, 0.5) is 0 Å². The molecule has 3 aromatic carbocycles. The van der Waals surface area contributed by atoms with Gasteiger partial charge >= 0.3 is 11.9 Å². The summed E-state index contributed by atoms with van der Waals surface area (Å²) in [6.45, 7) is 0.848. The van der Waals surface area contributed by atoms with Gasteiger partial charge in [-0.25, -0.2) is 4.79 Å². The molecule has 3 aromatic rings. The van der Waals surface area contributed by atoms with E-state index in [-0.39, 0.29) is 36.9 Å². The minimum atomic E-state index is -0.395. The van der Waals surface area contributed by atoms with Crippen LogP contribution in [0.1, 0.15) is 41.6 Å². The zero-order valence-corrected chi connectivity index (χ0v) is 22.4. The van der Waals surface area contributed by atoms with Crippen molar-refractivity contribution in [2.45, 2.75) is 32.3 Å². The summed E-state index contributed by atoms with van der Waals surface area (Å²) < 4.78 is 11.0. The Morgan fingerprint density at radius 2 is 1.47 bits per heavy atom. The van der Waals surface area contributed by atoms with Crippen molar-refractivity contribution in [3.8, 4) is 16.9 Å². The summed E-state index contributed by atoms with van der Waals surface area (Å²) in [7, 11) is 0. The Morgan fingerprint density at radius 1 is 0.895 bits per heavy atom. The van der Waals surface area contributed by atoms with Gasteiger partial charge in [0.2, 0.25) is 0 Å². The molecular weight excluding hydrogens is 525 g/mol. The number of nitrogens with two attached hydrogens (primary N) is 1. The monoisotopic (exact) mass is 555 g/mol. The summed E-state index contributed by atoms with van der Waals surface area (Å²) in [6, 6.07) is 21.7. The highest BCUT2D eigenvalue weighted by atomic mass is 35.5. The van der Waals surface area contributed by atoms with Gasteiger partial charge in [0.15, 0.2) is 5.96 Å². The van der Waals surface area contributed by atoms with Gasteiger partial charge in [0.25, 0.3) is 0 Å². The van der Waals surface area contributed by atoms with E-state index in [1.165, 1.54) is 0 Å². The van der Waals surface area contributed by atoms with Crippen molar-refractivity contribution in [2.24, 2.45) is 17.6 Å². The molecule has 0 aromatic heterocycles. The number of benzene rings is 3. The quantitative estimate of drug-likeness (QED) is 0.136. The fraction of sp³-hybridized carbons (Fsp3) is 0.276. The third-order valence-electron chi connectivity index (χ3n) is 6.57. The fourth-order valence-corrected chi connectivity index (χ4v) is 4.51. The van der Waals surface area contributed by atoms with Crippen LogP contribution in [0.25, 0.3) is 11.1 Å². The molecule has 38 heavy (non-hydrogen) atoms. The highest BCUT2D eigenvalue weighted by molar-refractivity contribution is 6.30. The molecule has 1 aliphatic carbocycles. The molecule has 1 aliphatic rings. The van der Waals surface area contributed by atoms with E-state index in [1.54, 1.807) is 36.4 Å². The third-order valence-corrected chi connectivity index (χ3v) is 6.82. The van der Waals surface area contributed by atoms with Crippen LogP contribution in [-0.2, 0) is 16.1 Å². The summed E-state index contributed by atoms with van der Waals surface area (Å²) in [5, 5.41) is 10.8. The number of carbonyl (C=O) groups excluding carboxylic acids is 2. The fourth-order valence-electron chi connectivity index (χ4n) is 4.38. The summed E-state index contributed by atoms with van der Waals surface area (Å²) >= 11 is 5.88. The molecule has 0 atom stereocenters. The lowest BCUT2D eigenvalue weighted by atomic mass is 9.82. The van der Waals surface area contributed by atoms with Gasteiger partial charge in [-0.3, -0.25) is 10.2 Å². The van der Waals surface area contributed by atoms with E-state index in [9.17, 15) is 9.59 Å². The predicted octanol–water partition coefficient (Wildman–Crippen LogP) is 5.98. The van der Waals surface area contributed by atoms with E-state index in [2.05, 4.69) is 5.32 Å². The van der Waals surface area contributed by atoms with Crippen molar-refractivity contribution in [3.63, 3.8) is 0 Å². The second-order valence-electron chi connectivity index (χ2n) is 9.24. The van der Waals surface area contributed by atoms with E-state index < -0.39 is 5.97 Å². The molecule has 7 nitrogen and oxygen atoms in total. The largest absolute Gasteiger partial charge is 0.457 e. The lowest BCUT2D eigenvalue weighted by Gasteiger charge is -2.27. The number of rotatable bonds is 8. The van der Waals surface area contributed by atoms with Gasteiger partial charge in [-0.05, 0) is 84.7 Å². The Balaban J connectivity index is 0.00000400. The Labute approximate surface area is 233 Å². The molecule has 1 saturated carbocycles. The smallest absolute Gasteiger partial charge is 0.338 e. The number of guanidine groups is 1. The number of hydrogen-bond donors (Lipinski definition) is 3. The summed E-state index contributed by atoms with van der Waals surface area (Å²) in [4.78, 5) is 25.0. The first-order chi connectivity index (χ1) is 17.9. The number of hydrogen-bond acceptors (Lipinski definition) is 5. The highest BCUT2D eigenvalue weighted by Crippen LogP contribution is 2.30. The third kappa shape index (κ3) is 8.23. The Kier molecular flexibility index (Phi) is 10.6. The molecule has 4 N–H and O–H groups in total. The van der Waals surface area contributed by atoms with Gasteiger partial charge in [0.1, 0.15) is 12.4 Å². The van der Waals surface area contributed by atoms with E-state index in [1.807, 2.05) is 36.4 Å². The average molecular weight is 556 g/mol. The zero-order chi connectivity index (χ0) is 26.2. The number of nitrogens with one attached hydrogen (secondary N) is 2. The van der Waals surface area contributed by atoms with Crippen LogP contribution in [0.3, 0.4) is 0 Å². The van der Waals surface area contributed by atoms with Crippen LogP contribution in [0.2, 0.25) is 5.02 Å². The van der Waals surface area contributed by atoms with Crippen molar-refractivity contribution >= 4 is 41.9 Å².